The van der Waals surface area contributed by atoms with Crippen molar-refractivity contribution >= 4 is 34.8 Å². The number of rotatable bonds is 3. The van der Waals surface area contributed by atoms with Gasteiger partial charge in [-0.1, -0.05) is 36.2 Å². The average Bonchev–Trinajstić information content (AvgIpc) is 2.25. The zero-order valence-electron chi connectivity index (χ0n) is 8.63. The summed E-state index contributed by atoms with van der Waals surface area (Å²) < 4.78 is 0. The van der Waals surface area contributed by atoms with Crippen molar-refractivity contribution < 1.29 is 4.79 Å². The molecule has 5 heteroatoms. The van der Waals surface area contributed by atoms with E-state index in [9.17, 15) is 4.79 Å². The predicted molar refractivity (Wildman–Crippen MR) is 64.5 cm³/mol. The third-order valence-corrected chi connectivity index (χ3v) is 2.72. The van der Waals surface area contributed by atoms with Crippen LogP contribution < -0.4 is 5.32 Å². The Bertz CT molecular complexity index is 420. The number of hydrogen-bond donors (Lipinski definition) is 1. The fourth-order valence-electron chi connectivity index (χ4n) is 1.16. The molecule has 1 unspecified atom stereocenters. The molecule has 84 valence electrons. The minimum absolute atomic E-state index is 0.351. The normalized spacial score (nSPS) is 11.6. The standard InChI is InChI=1S/C11H10Cl2N2O/c1-2-7(6-14)11(16)15-10-8(12)4-3-5-9(10)13/h3-5,7H,2H2,1H3,(H,15,16). The SMILES string of the molecule is CCC(C#N)C(=O)Nc1c(Cl)cccc1Cl. The van der Waals surface area contributed by atoms with Crippen LogP contribution in [0.3, 0.4) is 0 Å². The molecule has 0 saturated heterocycles. The fourth-order valence-corrected chi connectivity index (χ4v) is 1.65. The molecule has 1 aromatic rings. The van der Waals surface area contributed by atoms with Crippen molar-refractivity contribution in [3.63, 3.8) is 0 Å². The van der Waals surface area contributed by atoms with Gasteiger partial charge in [-0.05, 0) is 18.6 Å². The molecule has 0 heterocycles. The first-order valence-electron chi connectivity index (χ1n) is 4.74. The highest BCUT2D eigenvalue weighted by Gasteiger charge is 2.17. The average molecular weight is 257 g/mol. The summed E-state index contributed by atoms with van der Waals surface area (Å²) in [4.78, 5) is 11.6. The summed E-state index contributed by atoms with van der Waals surface area (Å²) in [5, 5.41) is 12.0. The Morgan fingerprint density at radius 3 is 2.50 bits per heavy atom. The molecule has 16 heavy (non-hydrogen) atoms. The molecule has 0 spiro atoms. The number of para-hydroxylation sites is 1. The minimum Gasteiger partial charge on any atom is -0.322 e. The Morgan fingerprint density at radius 2 is 2.06 bits per heavy atom. The molecule has 1 atom stereocenters. The molecule has 0 aliphatic rings. The van der Waals surface area contributed by atoms with Gasteiger partial charge in [-0.2, -0.15) is 5.26 Å². The Hall–Kier alpha value is -1.24. The maximum absolute atomic E-state index is 11.6. The van der Waals surface area contributed by atoms with Gasteiger partial charge in [0, 0.05) is 0 Å². The Labute approximate surface area is 104 Å². The lowest BCUT2D eigenvalue weighted by Crippen LogP contribution is -2.21. The quantitative estimate of drug-likeness (QED) is 0.901. The summed E-state index contributed by atoms with van der Waals surface area (Å²) in [6, 6.07) is 6.84. The van der Waals surface area contributed by atoms with Gasteiger partial charge in [-0.3, -0.25) is 4.79 Å². The number of carbonyl (C=O) groups excluding carboxylic acids is 1. The number of amides is 1. The highest BCUT2D eigenvalue weighted by atomic mass is 35.5. The van der Waals surface area contributed by atoms with Gasteiger partial charge in [0.1, 0.15) is 5.92 Å². The van der Waals surface area contributed by atoms with Gasteiger partial charge in [-0.25, -0.2) is 0 Å². The maximum atomic E-state index is 11.6. The van der Waals surface area contributed by atoms with Crippen LogP contribution >= 0.6 is 23.2 Å². The van der Waals surface area contributed by atoms with Gasteiger partial charge >= 0.3 is 0 Å². The number of carbonyl (C=O) groups is 1. The first kappa shape index (κ1) is 12.8. The number of nitrogens with zero attached hydrogens (tertiary/aromatic N) is 1. The summed E-state index contributed by atoms with van der Waals surface area (Å²) in [7, 11) is 0. The van der Waals surface area contributed by atoms with Crippen LogP contribution in [0.2, 0.25) is 10.0 Å². The summed E-state index contributed by atoms with van der Waals surface area (Å²) >= 11 is 11.8. The Kier molecular flexibility index (Phi) is 4.60. The van der Waals surface area contributed by atoms with Crippen LogP contribution in [0.4, 0.5) is 5.69 Å². The third-order valence-electron chi connectivity index (χ3n) is 2.09. The highest BCUT2D eigenvalue weighted by Crippen LogP contribution is 2.30. The number of nitriles is 1. The zero-order valence-corrected chi connectivity index (χ0v) is 10.1. The smallest absolute Gasteiger partial charge is 0.241 e. The summed E-state index contributed by atoms with van der Waals surface area (Å²) in [5.41, 5.74) is 0.351. The second kappa shape index (κ2) is 5.74. The van der Waals surface area contributed by atoms with E-state index in [0.717, 1.165) is 0 Å². The van der Waals surface area contributed by atoms with Crippen LogP contribution in [0.15, 0.2) is 18.2 Å². The molecule has 1 aromatic carbocycles. The van der Waals surface area contributed by atoms with Crippen molar-refractivity contribution in [1.82, 2.24) is 0 Å². The second-order valence-corrected chi connectivity index (χ2v) is 3.99. The molecule has 3 nitrogen and oxygen atoms in total. The molecule has 0 radical (unpaired) electrons. The van der Waals surface area contributed by atoms with E-state index in [2.05, 4.69) is 5.32 Å². The molecule has 0 bridgehead atoms. The first-order valence-corrected chi connectivity index (χ1v) is 5.50. The lowest BCUT2D eigenvalue weighted by atomic mass is 10.1. The van der Waals surface area contributed by atoms with Crippen molar-refractivity contribution in [3.05, 3.63) is 28.2 Å². The highest BCUT2D eigenvalue weighted by molar-refractivity contribution is 6.39. The van der Waals surface area contributed by atoms with E-state index >= 15 is 0 Å². The van der Waals surface area contributed by atoms with E-state index < -0.39 is 5.92 Å². The fraction of sp³-hybridized carbons (Fsp3) is 0.273. The molecular weight excluding hydrogens is 247 g/mol. The summed E-state index contributed by atoms with van der Waals surface area (Å²) in [5.74, 6) is -1.08. The molecule has 0 aliphatic heterocycles. The molecule has 0 aliphatic carbocycles. The summed E-state index contributed by atoms with van der Waals surface area (Å²) in [6.45, 7) is 1.77. The number of benzene rings is 1. The van der Waals surface area contributed by atoms with Crippen LogP contribution in [0.25, 0.3) is 0 Å². The lowest BCUT2D eigenvalue weighted by molar-refractivity contribution is -0.118. The monoisotopic (exact) mass is 256 g/mol. The molecule has 0 aromatic heterocycles. The largest absolute Gasteiger partial charge is 0.322 e. The lowest BCUT2D eigenvalue weighted by Gasteiger charge is -2.10. The van der Waals surface area contributed by atoms with Gasteiger partial charge < -0.3 is 5.32 Å². The molecule has 0 fully saturated rings. The number of halogens is 2. The molecule has 1 N–H and O–H groups in total. The first-order chi connectivity index (χ1) is 7.60. The topological polar surface area (TPSA) is 52.9 Å². The molecular formula is C11H10Cl2N2O. The van der Waals surface area contributed by atoms with Crippen molar-refractivity contribution in [2.45, 2.75) is 13.3 Å². The van der Waals surface area contributed by atoms with Crippen LogP contribution in [0, 0.1) is 17.2 Å². The van der Waals surface area contributed by atoms with Gasteiger partial charge in [0.2, 0.25) is 5.91 Å². The number of nitrogens with one attached hydrogen (secondary N) is 1. The van der Waals surface area contributed by atoms with Crippen molar-refractivity contribution in [2.75, 3.05) is 5.32 Å². The minimum atomic E-state index is -0.688. The van der Waals surface area contributed by atoms with E-state index in [1.807, 2.05) is 6.07 Å². The van der Waals surface area contributed by atoms with E-state index in [0.29, 0.717) is 22.2 Å². The second-order valence-electron chi connectivity index (χ2n) is 3.18. The molecule has 1 rings (SSSR count). The van der Waals surface area contributed by atoms with Crippen molar-refractivity contribution in [2.24, 2.45) is 5.92 Å². The van der Waals surface area contributed by atoms with Crippen LogP contribution in [-0.2, 0) is 4.79 Å². The van der Waals surface area contributed by atoms with Crippen LogP contribution in [-0.4, -0.2) is 5.91 Å². The van der Waals surface area contributed by atoms with Gasteiger partial charge in [-0.15, -0.1) is 0 Å². The molecule has 0 saturated carbocycles. The van der Waals surface area contributed by atoms with Gasteiger partial charge in [0.15, 0.2) is 0 Å². The molecule has 1 amide bonds. The van der Waals surface area contributed by atoms with Gasteiger partial charge in [0.25, 0.3) is 0 Å². The van der Waals surface area contributed by atoms with Crippen molar-refractivity contribution in [3.8, 4) is 6.07 Å². The Morgan fingerprint density at radius 1 is 1.50 bits per heavy atom. The zero-order chi connectivity index (χ0) is 12.1. The van der Waals surface area contributed by atoms with Gasteiger partial charge in [0.05, 0.1) is 21.8 Å². The van der Waals surface area contributed by atoms with E-state index in [-0.39, 0.29) is 5.91 Å². The maximum Gasteiger partial charge on any atom is 0.241 e. The number of anilines is 1. The predicted octanol–water partition coefficient (Wildman–Crippen LogP) is 3.48. The third kappa shape index (κ3) is 2.88. The van der Waals surface area contributed by atoms with Crippen LogP contribution in [0.1, 0.15) is 13.3 Å². The van der Waals surface area contributed by atoms with Crippen LogP contribution in [0.5, 0.6) is 0 Å². The summed E-state index contributed by atoms with van der Waals surface area (Å²) in [6.07, 6.45) is 0.449. The number of hydrogen-bond acceptors (Lipinski definition) is 2. The van der Waals surface area contributed by atoms with E-state index in [4.69, 9.17) is 28.5 Å². The van der Waals surface area contributed by atoms with E-state index in [1.54, 1.807) is 25.1 Å². The Balaban J connectivity index is 2.89. The van der Waals surface area contributed by atoms with E-state index in [1.165, 1.54) is 0 Å². The van der Waals surface area contributed by atoms with Crippen molar-refractivity contribution in [1.29, 1.82) is 5.26 Å².